The average molecular weight is 274 g/mol. The molecule has 3 N–H and O–H groups in total. The molecule has 7 heteroatoms. The first-order valence-corrected chi connectivity index (χ1v) is 3.78. The number of carboxylic acid groups (broad SMARTS) is 3. The smallest absolute Gasteiger partial charge is 0.337 e. The van der Waals surface area contributed by atoms with Gasteiger partial charge in [0, 0.05) is 17.1 Å². The fourth-order valence-corrected chi connectivity index (χ4v) is 1.14. The van der Waals surface area contributed by atoms with Crippen molar-refractivity contribution >= 4 is 17.9 Å². The van der Waals surface area contributed by atoms with Crippen molar-refractivity contribution in [1.82, 2.24) is 0 Å². The van der Waals surface area contributed by atoms with Gasteiger partial charge in [0.2, 0.25) is 0 Å². The molecule has 0 amide bonds. The van der Waals surface area contributed by atoms with Crippen LogP contribution >= 0.6 is 0 Å². The summed E-state index contributed by atoms with van der Waals surface area (Å²) < 4.78 is 0. The second kappa shape index (κ2) is 5.29. The van der Waals surface area contributed by atoms with Gasteiger partial charge in [0.25, 0.3) is 0 Å². The molecule has 0 unspecified atom stereocenters. The van der Waals surface area contributed by atoms with Gasteiger partial charge < -0.3 is 15.3 Å². The maximum Gasteiger partial charge on any atom is 0.337 e. The molecule has 0 fully saturated rings. The summed E-state index contributed by atoms with van der Waals surface area (Å²) in [5.74, 6) is -4.53. The van der Waals surface area contributed by atoms with Crippen molar-refractivity contribution in [3.05, 3.63) is 34.9 Å². The van der Waals surface area contributed by atoms with Gasteiger partial charge >= 0.3 is 17.9 Å². The van der Waals surface area contributed by atoms with Crippen LogP contribution in [0.2, 0.25) is 0 Å². The summed E-state index contributed by atoms with van der Waals surface area (Å²) in [5, 5.41) is 26.0. The summed E-state index contributed by atoms with van der Waals surface area (Å²) in [4.78, 5) is 32.0. The Balaban J connectivity index is 0.00000225. The van der Waals surface area contributed by atoms with E-state index in [9.17, 15) is 14.4 Å². The van der Waals surface area contributed by atoms with Gasteiger partial charge in [0.05, 0.1) is 16.7 Å². The van der Waals surface area contributed by atoms with Gasteiger partial charge in [-0.25, -0.2) is 14.4 Å². The van der Waals surface area contributed by atoms with E-state index in [1.54, 1.807) is 0 Å². The van der Waals surface area contributed by atoms with E-state index in [2.05, 4.69) is 0 Å². The van der Waals surface area contributed by atoms with E-state index in [4.69, 9.17) is 15.3 Å². The van der Waals surface area contributed by atoms with Crippen LogP contribution in [0.3, 0.4) is 0 Å². The van der Waals surface area contributed by atoms with Crippen LogP contribution in [0.5, 0.6) is 0 Å². The average Bonchev–Trinajstić information content (AvgIpc) is 2.16. The van der Waals surface area contributed by atoms with Crippen molar-refractivity contribution in [2.24, 2.45) is 0 Å². The summed E-state index contributed by atoms with van der Waals surface area (Å²) in [7, 11) is 0. The molecule has 0 aromatic heterocycles. The van der Waals surface area contributed by atoms with Crippen LogP contribution < -0.4 is 0 Å². The van der Waals surface area contributed by atoms with Crippen LogP contribution in [0, 0.1) is 0 Å². The number of aromatic carboxylic acids is 3. The van der Waals surface area contributed by atoms with E-state index < -0.39 is 34.6 Å². The van der Waals surface area contributed by atoms with Crippen LogP contribution in [0.1, 0.15) is 31.1 Å². The van der Waals surface area contributed by atoms with Crippen molar-refractivity contribution in [3.63, 3.8) is 0 Å². The zero-order valence-corrected chi connectivity index (χ0v) is 8.54. The van der Waals surface area contributed by atoms with Crippen molar-refractivity contribution in [2.75, 3.05) is 0 Å². The Morgan fingerprint density at radius 1 is 0.812 bits per heavy atom. The molecule has 0 bridgehead atoms. The SMILES string of the molecule is O=C(O)c1cccc(C(=O)O)c1C(=O)O.[Cu]. The van der Waals surface area contributed by atoms with E-state index in [1.807, 2.05) is 0 Å². The maximum atomic E-state index is 10.7. The molecule has 0 aliphatic carbocycles. The quantitative estimate of drug-likeness (QED) is 0.702. The summed E-state index contributed by atoms with van der Waals surface area (Å²) in [6.07, 6.45) is 0. The molecule has 1 radical (unpaired) electrons. The fourth-order valence-electron chi connectivity index (χ4n) is 1.14. The van der Waals surface area contributed by atoms with E-state index >= 15 is 0 Å². The summed E-state index contributed by atoms with van der Waals surface area (Å²) in [6.45, 7) is 0. The number of carbonyl (C=O) groups is 3. The van der Waals surface area contributed by atoms with Gasteiger partial charge in [0.1, 0.15) is 0 Å². The number of benzene rings is 1. The Morgan fingerprint density at radius 2 is 1.19 bits per heavy atom. The third kappa shape index (κ3) is 2.59. The molecule has 0 saturated heterocycles. The molecule has 1 aromatic rings. The van der Waals surface area contributed by atoms with Crippen LogP contribution in [-0.2, 0) is 17.1 Å². The van der Waals surface area contributed by atoms with Gasteiger partial charge in [-0.2, -0.15) is 0 Å². The molecule has 0 spiro atoms. The van der Waals surface area contributed by atoms with Gasteiger partial charge in [-0.3, -0.25) is 0 Å². The molecule has 0 saturated carbocycles. The predicted molar refractivity (Wildman–Crippen MR) is 47.3 cm³/mol. The van der Waals surface area contributed by atoms with Gasteiger partial charge in [-0.15, -0.1) is 0 Å². The fraction of sp³-hybridized carbons (Fsp3) is 0. The second-order valence-electron chi connectivity index (χ2n) is 2.64. The Bertz CT molecular complexity index is 421. The minimum Gasteiger partial charge on any atom is -0.478 e. The molecular formula is C9H6CuO6. The first-order chi connectivity index (χ1) is 6.95. The minimum absolute atomic E-state index is 0. The predicted octanol–water partition coefficient (Wildman–Crippen LogP) is 0.779. The normalized spacial score (nSPS) is 9.00. The van der Waals surface area contributed by atoms with Crippen molar-refractivity contribution in [2.45, 2.75) is 0 Å². The van der Waals surface area contributed by atoms with E-state index in [-0.39, 0.29) is 17.1 Å². The van der Waals surface area contributed by atoms with E-state index in [0.29, 0.717) is 0 Å². The third-order valence-electron chi connectivity index (χ3n) is 1.74. The first kappa shape index (κ1) is 14.1. The zero-order chi connectivity index (χ0) is 11.6. The van der Waals surface area contributed by atoms with Crippen molar-refractivity contribution in [1.29, 1.82) is 0 Å². The molecule has 0 heterocycles. The summed E-state index contributed by atoms with van der Waals surface area (Å²) >= 11 is 0. The number of carboxylic acids is 3. The van der Waals surface area contributed by atoms with Crippen LogP contribution in [-0.4, -0.2) is 33.2 Å². The zero-order valence-electron chi connectivity index (χ0n) is 7.60. The van der Waals surface area contributed by atoms with Gasteiger partial charge in [-0.1, -0.05) is 6.07 Å². The van der Waals surface area contributed by atoms with Crippen molar-refractivity contribution in [3.8, 4) is 0 Å². The van der Waals surface area contributed by atoms with Crippen molar-refractivity contribution < 1.29 is 46.8 Å². The van der Waals surface area contributed by atoms with E-state index in [0.717, 1.165) is 12.1 Å². The van der Waals surface area contributed by atoms with Crippen LogP contribution in [0.25, 0.3) is 0 Å². The maximum absolute atomic E-state index is 10.7. The Morgan fingerprint density at radius 3 is 1.44 bits per heavy atom. The molecule has 0 atom stereocenters. The van der Waals surface area contributed by atoms with Crippen LogP contribution in [0.4, 0.5) is 0 Å². The molecule has 6 nitrogen and oxygen atoms in total. The van der Waals surface area contributed by atoms with E-state index in [1.165, 1.54) is 6.07 Å². The number of hydrogen-bond acceptors (Lipinski definition) is 3. The molecule has 1 rings (SSSR count). The second-order valence-corrected chi connectivity index (χ2v) is 2.64. The summed E-state index contributed by atoms with van der Waals surface area (Å²) in [5.41, 5.74) is -1.79. The molecule has 16 heavy (non-hydrogen) atoms. The topological polar surface area (TPSA) is 112 Å². The molecule has 0 aliphatic rings. The standard InChI is InChI=1S/C9H6O6.Cu/c10-7(11)4-2-1-3-5(8(12)13)6(4)9(14)15;/h1-3H,(H,10,11)(H,12,13)(H,14,15);. The van der Waals surface area contributed by atoms with Crippen LogP contribution in [0.15, 0.2) is 18.2 Å². The molecule has 1 aromatic carbocycles. The monoisotopic (exact) mass is 273 g/mol. The Labute approximate surface area is 100.0 Å². The van der Waals surface area contributed by atoms with Gasteiger partial charge in [0.15, 0.2) is 0 Å². The molecular weight excluding hydrogens is 268 g/mol. The molecule has 89 valence electrons. The minimum atomic E-state index is -1.58. The number of rotatable bonds is 3. The first-order valence-electron chi connectivity index (χ1n) is 3.78. The Kier molecular flexibility index (Phi) is 4.68. The van der Waals surface area contributed by atoms with Gasteiger partial charge in [-0.05, 0) is 12.1 Å². The third-order valence-corrected chi connectivity index (χ3v) is 1.74. The Hall–Kier alpha value is -1.85. The molecule has 0 aliphatic heterocycles. The largest absolute Gasteiger partial charge is 0.478 e. The summed E-state index contributed by atoms with van der Waals surface area (Å²) in [6, 6.07) is 3.26. The number of hydrogen-bond donors (Lipinski definition) is 3.